The summed E-state index contributed by atoms with van der Waals surface area (Å²) in [5, 5.41) is 0.333. The molecular weight excluding hydrogens is 410 g/mol. The quantitative estimate of drug-likeness (QED) is 0.658. The first kappa shape index (κ1) is 21.7. The highest BCUT2D eigenvalue weighted by Gasteiger charge is 2.32. The van der Waals surface area contributed by atoms with E-state index in [2.05, 4.69) is 0 Å². The molecule has 30 heavy (non-hydrogen) atoms. The Bertz CT molecular complexity index is 1020. The summed E-state index contributed by atoms with van der Waals surface area (Å²) >= 11 is 6.44. The van der Waals surface area contributed by atoms with E-state index in [4.69, 9.17) is 30.5 Å². The largest absolute Gasteiger partial charge is 0.466 e. The van der Waals surface area contributed by atoms with Crippen LogP contribution in [0.3, 0.4) is 0 Å². The first-order valence-corrected chi connectivity index (χ1v) is 9.53. The van der Waals surface area contributed by atoms with Gasteiger partial charge in [-0.15, -0.1) is 0 Å². The maximum Gasteiger partial charge on any atom is 0.355 e. The van der Waals surface area contributed by atoms with Gasteiger partial charge in [0.25, 0.3) is 0 Å². The molecular formula is C22H22ClNO6. The van der Waals surface area contributed by atoms with E-state index in [0.29, 0.717) is 22.2 Å². The van der Waals surface area contributed by atoms with Crippen molar-refractivity contribution in [2.24, 2.45) is 0 Å². The van der Waals surface area contributed by atoms with Crippen LogP contribution in [0.25, 0.3) is 0 Å². The second-order valence-corrected chi connectivity index (χ2v) is 7.09. The van der Waals surface area contributed by atoms with Gasteiger partial charge < -0.3 is 23.8 Å². The number of carbonyl (C=O) groups excluding carboxylic acids is 2. The molecule has 3 rings (SSSR count). The van der Waals surface area contributed by atoms with E-state index in [0.717, 1.165) is 11.1 Å². The number of rotatable bonds is 5. The zero-order valence-corrected chi connectivity index (χ0v) is 17.9. The fraction of sp³-hybridized carbons (Fsp3) is 0.273. The van der Waals surface area contributed by atoms with Gasteiger partial charge in [-0.25, -0.2) is 9.59 Å². The van der Waals surface area contributed by atoms with Gasteiger partial charge in [-0.3, -0.25) is 0 Å². The Hall–Kier alpha value is -3.03. The van der Waals surface area contributed by atoms with E-state index in [1.165, 1.54) is 19.1 Å². The Morgan fingerprint density at radius 1 is 1.00 bits per heavy atom. The lowest BCUT2D eigenvalue weighted by molar-refractivity contribution is -0.140. The molecule has 0 fully saturated rings. The maximum atomic E-state index is 12.4. The molecule has 2 aromatic carbocycles. The van der Waals surface area contributed by atoms with Crippen LogP contribution in [0.15, 0.2) is 47.7 Å². The Balaban J connectivity index is 1.94. The number of ether oxygens (including phenoxy) is 4. The second-order valence-electron chi connectivity index (χ2n) is 6.68. The predicted octanol–water partition coefficient (Wildman–Crippen LogP) is 4.14. The van der Waals surface area contributed by atoms with Crippen LogP contribution in [0.1, 0.15) is 11.1 Å². The van der Waals surface area contributed by atoms with E-state index < -0.39 is 11.9 Å². The summed E-state index contributed by atoms with van der Waals surface area (Å²) in [7, 11) is 2.48. The molecule has 0 unspecified atom stereocenters. The molecule has 0 amide bonds. The highest BCUT2D eigenvalue weighted by atomic mass is 35.5. The normalized spacial score (nSPS) is 13.8. The van der Waals surface area contributed by atoms with Crippen molar-refractivity contribution in [2.45, 2.75) is 13.8 Å². The third-order valence-corrected chi connectivity index (χ3v) is 5.06. The Kier molecular flexibility index (Phi) is 6.64. The molecule has 1 heterocycles. The van der Waals surface area contributed by atoms with Crippen molar-refractivity contribution in [1.82, 2.24) is 0 Å². The lowest BCUT2D eigenvalue weighted by Gasteiger charge is -2.31. The Labute approximate surface area is 179 Å². The fourth-order valence-electron chi connectivity index (χ4n) is 2.99. The van der Waals surface area contributed by atoms with Crippen LogP contribution in [0.2, 0.25) is 5.02 Å². The van der Waals surface area contributed by atoms with Gasteiger partial charge in [0, 0.05) is 5.69 Å². The van der Waals surface area contributed by atoms with Crippen molar-refractivity contribution >= 4 is 29.2 Å². The van der Waals surface area contributed by atoms with Crippen molar-refractivity contribution in [3.8, 4) is 11.5 Å². The third kappa shape index (κ3) is 4.42. The second kappa shape index (κ2) is 9.19. The molecule has 0 bridgehead atoms. The number of hydrogen-bond donors (Lipinski definition) is 0. The molecule has 0 saturated carbocycles. The lowest BCUT2D eigenvalue weighted by Crippen LogP contribution is -2.38. The van der Waals surface area contributed by atoms with Crippen LogP contribution in [-0.2, 0) is 23.8 Å². The van der Waals surface area contributed by atoms with E-state index >= 15 is 0 Å². The van der Waals surface area contributed by atoms with Crippen molar-refractivity contribution in [3.63, 3.8) is 0 Å². The summed E-state index contributed by atoms with van der Waals surface area (Å²) in [6.07, 6.45) is 0. The van der Waals surface area contributed by atoms with Gasteiger partial charge >= 0.3 is 11.9 Å². The molecule has 0 spiro atoms. The monoisotopic (exact) mass is 431 g/mol. The van der Waals surface area contributed by atoms with Gasteiger partial charge in [0.05, 0.1) is 31.4 Å². The minimum atomic E-state index is -0.676. The number of hydrogen-bond acceptors (Lipinski definition) is 7. The van der Waals surface area contributed by atoms with Crippen LogP contribution in [-0.4, -0.2) is 39.5 Å². The van der Waals surface area contributed by atoms with Crippen molar-refractivity contribution in [2.75, 3.05) is 32.5 Å². The average molecular weight is 432 g/mol. The van der Waals surface area contributed by atoms with Gasteiger partial charge in [-0.05, 0) is 55.3 Å². The number of aryl methyl sites for hydroxylation is 2. The van der Waals surface area contributed by atoms with E-state index in [-0.39, 0.29) is 24.6 Å². The van der Waals surface area contributed by atoms with Gasteiger partial charge in [-0.1, -0.05) is 17.7 Å². The molecule has 0 N–H and O–H groups in total. The third-order valence-electron chi connectivity index (χ3n) is 4.77. The minimum Gasteiger partial charge on any atom is -0.466 e. The van der Waals surface area contributed by atoms with E-state index in [9.17, 15) is 9.59 Å². The number of esters is 2. The minimum absolute atomic E-state index is 0.0403. The molecule has 158 valence electrons. The van der Waals surface area contributed by atoms with E-state index in [1.54, 1.807) is 18.2 Å². The highest BCUT2D eigenvalue weighted by molar-refractivity contribution is 6.32. The summed E-state index contributed by atoms with van der Waals surface area (Å²) < 4.78 is 21.0. The topological polar surface area (TPSA) is 74.3 Å². The zero-order chi connectivity index (χ0) is 21.8. The van der Waals surface area contributed by atoms with Gasteiger partial charge in [0.1, 0.15) is 23.9 Å². The number of halogens is 1. The average Bonchev–Trinajstić information content (AvgIpc) is 2.76. The van der Waals surface area contributed by atoms with Gasteiger partial charge in [0.2, 0.25) is 0 Å². The maximum absolute atomic E-state index is 12.4. The number of nitrogens with zero attached hydrogens (tertiary/aromatic N) is 1. The molecule has 8 heteroatoms. The van der Waals surface area contributed by atoms with Gasteiger partial charge in [-0.2, -0.15) is 0 Å². The molecule has 7 nitrogen and oxygen atoms in total. The zero-order valence-electron chi connectivity index (χ0n) is 17.2. The van der Waals surface area contributed by atoms with Crippen molar-refractivity contribution < 1.29 is 28.5 Å². The van der Waals surface area contributed by atoms with Crippen molar-refractivity contribution in [1.29, 1.82) is 0 Å². The van der Waals surface area contributed by atoms with Crippen LogP contribution in [0.4, 0.5) is 5.69 Å². The van der Waals surface area contributed by atoms with Crippen LogP contribution < -0.4 is 9.64 Å². The summed E-state index contributed by atoms with van der Waals surface area (Å²) in [5.41, 5.74) is 2.93. The fourth-order valence-corrected chi connectivity index (χ4v) is 3.21. The van der Waals surface area contributed by atoms with E-state index in [1.807, 2.05) is 32.0 Å². The number of methoxy groups -OCH3 is 2. The lowest BCUT2D eigenvalue weighted by atomic mass is 10.1. The van der Waals surface area contributed by atoms with Crippen LogP contribution in [0, 0.1) is 13.8 Å². The molecule has 0 saturated heterocycles. The first-order chi connectivity index (χ1) is 14.3. The van der Waals surface area contributed by atoms with Crippen molar-refractivity contribution in [3.05, 3.63) is 63.8 Å². The number of anilines is 1. The number of benzene rings is 2. The molecule has 0 atom stereocenters. The molecule has 1 aliphatic heterocycles. The summed E-state index contributed by atoms with van der Waals surface area (Å²) in [6.45, 7) is 4.01. The summed E-state index contributed by atoms with van der Waals surface area (Å²) in [4.78, 5) is 26.0. The van der Waals surface area contributed by atoms with Gasteiger partial charge in [0.15, 0.2) is 0 Å². The standard InChI is InChI=1S/C22H22ClNO6/c1-13-5-7-16(9-14(13)2)30-19-8-6-15(10-18(19)23)24-12-29-11-17(21(25)27-3)20(24)22(26)28-4/h5-10H,11-12H2,1-4H3. The molecule has 2 aromatic rings. The summed E-state index contributed by atoms with van der Waals surface area (Å²) in [5.74, 6) is -0.221. The predicted molar refractivity (Wildman–Crippen MR) is 112 cm³/mol. The molecule has 0 radical (unpaired) electrons. The SMILES string of the molecule is COC(=O)C1=C(C(=O)OC)N(c2ccc(Oc3ccc(C)c(C)c3)c(Cl)c2)COC1. The number of carbonyl (C=O) groups is 2. The summed E-state index contributed by atoms with van der Waals surface area (Å²) in [6, 6.07) is 10.8. The van der Waals surface area contributed by atoms with Crippen LogP contribution in [0.5, 0.6) is 11.5 Å². The van der Waals surface area contributed by atoms with Crippen LogP contribution >= 0.6 is 11.6 Å². The smallest absolute Gasteiger partial charge is 0.355 e. The first-order valence-electron chi connectivity index (χ1n) is 9.15. The Morgan fingerprint density at radius 2 is 1.73 bits per heavy atom. The molecule has 0 aromatic heterocycles. The molecule has 0 aliphatic carbocycles. The molecule has 1 aliphatic rings. The Morgan fingerprint density at radius 3 is 2.37 bits per heavy atom. The highest BCUT2D eigenvalue weighted by Crippen LogP contribution is 2.35.